The fraction of sp³-hybridized carbons (Fsp3) is 0.280. The molecule has 3 heterocycles. The molecule has 0 aliphatic carbocycles. The van der Waals surface area contributed by atoms with Crippen LogP contribution in [0.25, 0.3) is 33.7 Å². The summed E-state index contributed by atoms with van der Waals surface area (Å²) < 4.78 is 16.7. The van der Waals surface area contributed by atoms with E-state index in [0.29, 0.717) is 17.3 Å². The number of hydrogen-bond donors (Lipinski definition) is 1. The van der Waals surface area contributed by atoms with Crippen LogP contribution in [0.15, 0.2) is 54.7 Å². The number of nitrogens with zero attached hydrogens (tertiary/aromatic N) is 3. The molecule has 1 saturated heterocycles. The van der Waals surface area contributed by atoms with Crippen molar-refractivity contribution in [3.63, 3.8) is 0 Å². The van der Waals surface area contributed by atoms with Crippen LogP contribution in [0.2, 0.25) is 5.02 Å². The first-order valence-corrected chi connectivity index (χ1v) is 11.3. The van der Waals surface area contributed by atoms with Gasteiger partial charge in [0.2, 0.25) is 0 Å². The van der Waals surface area contributed by atoms with E-state index in [1.165, 1.54) is 0 Å². The first-order valence-electron chi connectivity index (χ1n) is 10.9. The maximum atomic E-state index is 6.53. The normalized spacial score (nSPS) is 14.5. The number of morpholine rings is 1. The number of rotatable bonds is 7. The van der Waals surface area contributed by atoms with Crippen LogP contribution in [0.3, 0.4) is 0 Å². The number of H-pyrrole nitrogens is 1. The van der Waals surface area contributed by atoms with Crippen molar-refractivity contribution in [2.45, 2.75) is 0 Å². The summed E-state index contributed by atoms with van der Waals surface area (Å²) in [6.45, 7) is 5.07. The van der Waals surface area contributed by atoms with Gasteiger partial charge < -0.3 is 19.2 Å². The van der Waals surface area contributed by atoms with Crippen LogP contribution >= 0.6 is 11.6 Å². The number of hydrogen-bond acceptors (Lipinski definition) is 6. The van der Waals surface area contributed by atoms with Crippen molar-refractivity contribution in [3.05, 3.63) is 59.8 Å². The number of imidazole rings is 1. The van der Waals surface area contributed by atoms with Gasteiger partial charge in [-0.3, -0.25) is 4.90 Å². The van der Waals surface area contributed by atoms with Gasteiger partial charge in [-0.15, -0.1) is 0 Å². The van der Waals surface area contributed by atoms with Crippen LogP contribution < -0.4 is 9.47 Å². The molecule has 170 valence electrons. The molecule has 1 fully saturated rings. The van der Waals surface area contributed by atoms with Crippen LogP contribution in [0.4, 0.5) is 0 Å². The predicted molar refractivity (Wildman–Crippen MR) is 129 cm³/mol. The molecule has 0 bridgehead atoms. The van der Waals surface area contributed by atoms with Gasteiger partial charge in [0.1, 0.15) is 29.4 Å². The number of nitrogens with one attached hydrogen (secondary N) is 1. The van der Waals surface area contributed by atoms with Gasteiger partial charge in [-0.2, -0.15) is 0 Å². The fourth-order valence-corrected chi connectivity index (χ4v) is 4.19. The van der Waals surface area contributed by atoms with E-state index in [0.717, 1.165) is 72.4 Å². The minimum atomic E-state index is 0.540. The number of methoxy groups -OCH3 is 1. The van der Waals surface area contributed by atoms with E-state index in [1.807, 2.05) is 48.5 Å². The third-order valence-corrected chi connectivity index (χ3v) is 6.02. The molecular formula is C25H25ClN4O3. The lowest BCUT2D eigenvalue weighted by molar-refractivity contribution is 0.0322. The van der Waals surface area contributed by atoms with Gasteiger partial charge in [-0.25, -0.2) is 9.97 Å². The van der Waals surface area contributed by atoms with Gasteiger partial charge in [0.25, 0.3) is 0 Å². The van der Waals surface area contributed by atoms with Gasteiger partial charge in [-0.05, 0) is 42.0 Å². The quantitative estimate of drug-likeness (QED) is 0.428. The number of pyridine rings is 1. The summed E-state index contributed by atoms with van der Waals surface area (Å²) in [5.41, 5.74) is 4.09. The summed E-state index contributed by atoms with van der Waals surface area (Å²) in [5.74, 6) is 2.32. The summed E-state index contributed by atoms with van der Waals surface area (Å²) in [5, 5.41) is 0.540. The van der Waals surface area contributed by atoms with E-state index in [9.17, 15) is 0 Å². The van der Waals surface area contributed by atoms with Gasteiger partial charge in [0, 0.05) is 37.0 Å². The van der Waals surface area contributed by atoms with Crippen LogP contribution in [0.1, 0.15) is 0 Å². The second-order valence-electron chi connectivity index (χ2n) is 7.82. The molecule has 0 saturated carbocycles. The molecule has 0 unspecified atom stereocenters. The molecule has 33 heavy (non-hydrogen) atoms. The highest BCUT2D eigenvalue weighted by Gasteiger charge is 2.16. The van der Waals surface area contributed by atoms with Gasteiger partial charge in [0.15, 0.2) is 5.65 Å². The summed E-state index contributed by atoms with van der Waals surface area (Å²) >= 11 is 6.53. The van der Waals surface area contributed by atoms with E-state index in [2.05, 4.69) is 14.9 Å². The zero-order valence-corrected chi connectivity index (χ0v) is 19.1. The topological polar surface area (TPSA) is 72.5 Å². The number of aromatic nitrogens is 3. The van der Waals surface area contributed by atoms with E-state index in [1.54, 1.807) is 13.3 Å². The highest BCUT2D eigenvalue weighted by Crippen LogP contribution is 2.35. The Morgan fingerprint density at radius 2 is 1.88 bits per heavy atom. The molecule has 0 spiro atoms. The Kier molecular flexibility index (Phi) is 6.44. The molecule has 5 rings (SSSR count). The number of halogens is 1. The Morgan fingerprint density at radius 3 is 2.67 bits per heavy atom. The van der Waals surface area contributed by atoms with Gasteiger partial charge in [-0.1, -0.05) is 23.7 Å². The monoisotopic (exact) mass is 464 g/mol. The Bertz CT molecular complexity index is 1240. The molecular weight excluding hydrogens is 440 g/mol. The van der Waals surface area contributed by atoms with Crippen molar-refractivity contribution >= 4 is 22.8 Å². The summed E-state index contributed by atoms with van der Waals surface area (Å²) in [6.07, 6.45) is 1.64. The predicted octanol–water partition coefficient (Wildman–Crippen LogP) is 4.66. The minimum absolute atomic E-state index is 0.540. The van der Waals surface area contributed by atoms with Crippen LogP contribution in [-0.4, -0.2) is 66.4 Å². The highest BCUT2D eigenvalue weighted by molar-refractivity contribution is 6.34. The SMILES string of the molecule is COc1cccc(-c2c(Cl)cnc3[nH]c(-c4ccc(OCCN5CCOCC5)cc4)nc23)c1. The van der Waals surface area contributed by atoms with Crippen molar-refractivity contribution < 1.29 is 14.2 Å². The molecule has 0 atom stereocenters. The van der Waals surface area contributed by atoms with E-state index in [-0.39, 0.29) is 0 Å². The average Bonchev–Trinajstić information content (AvgIpc) is 3.29. The first-order chi connectivity index (χ1) is 16.2. The zero-order valence-electron chi connectivity index (χ0n) is 18.4. The van der Waals surface area contributed by atoms with Crippen molar-refractivity contribution in [1.82, 2.24) is 19.9 Å². The molecule has 1 aliphatic rings. The number of ether oxygens (including phenoxy) is 3. The fourth-order valence-electron chi connectivity index (χ4n) is 3.95. The Hall–Kier alpha value is -3.13. The smallest absolute Gasteiger partial charge is 0.158 e. The highest BCUT2D eigenvalue weighted by atomic mass is 35.5. The molecule has 0 amide bonds. The summed E-state index contributed by atoms with van der Waals surface area (Å²) in [4.78, 5) is 14.9. The molecule has 4 aromatic rings. The van der Waals surface area contributed by atoms with Crippen molar-refractivity contribution in [3.8, 4) is 34.0 Å². The summed E-state index contributed by atoms with van der Waals surface area (Å²) in [7, 11) is 1.64. The molecule has 1 aliphatic heterocycles. The second kappa shape index (κ2) is 9.79. The first kappa shape index (κ1) is 21.7. The largest absolute Gasteiger partial charge is 0.497 e. The van der Waals surface area contributed by atoms with Crippen molar-refractivity contribution in [1.29, 1.82) is 0 Å². The lowest BCUT2D eigenvalue weighted by Gasteiger charge is -2.26. The van der Waals surface area contributed by atoms with Crippen LogP contribution in [0.5, 0.6) is 11.5 Å². The Morgan fingerprint density at radius 1 is 1.06 bits per heavy atom. The van der Waals surface area contributed by atoms with E-state index >= 15 is 0 Å². The van der Waals surface area contributed by atoms with Gasteiger partial charge in [0.05, 0.1) is 25.3 Å². The second-order valence-corrected chi connectivity index (χ2v) is 8.23. The Labute approximate surface area is 197 Å². The van der Waals surface area contributed by atoms with E-state index < -0.39 is 0 Å². The van der Waals surface area contributed by atoms with Crippen LogP contribution in [-0.2, 0) is 4.74 Å². The maximum absolute atomic E-state index is 6.53. The van der Waals surface area contributed by atoms with Gasteiger partial charge >= 0.3 is 0 Å². The summed E-state index contributed by atoms with van der Waals surface area (Å²) in [6, 6.07) is 15.7. The molecule has 8 heteroatoms. The maximum Gasteiger partial charge on any atom is 0.158 e. The average molecular weight is 465 g/mol. The number of fused-ring (bicyclic) bond motifs is 1. The molecule has 1 N–H and O–H groups in total. The third-order valence-electron chi connectivity index (χ3n) is 5.73. The lowest BCUT2D eigenvalue weighted by Crippen LogP contribution is -2.38. The molecule has 7 nitrogen and oxygen atoms in total. The number of aromatic amines is 1. The lowest BCUT2D eigenvalue weighted by atomic mass is 10.1. The standard InChI is InChI=1S/C25H25ClN4O3/c1-31-20-4-2-3-18(15-20)22-21(26)16-27-25-23(22)28-24(29-25)17-5-7-19(8-6-17)33-14-11-30-9-12-32-13-10-30/h2-8,15-16H,9-14H2,1H3,(H,27,28,29). The van der Waals surface area contributed by atoms with Crippen LogP contribution in [0, 0.1) is 0 Å². The van der Waals surface area contributed by atoms with Crippen molar-refractivity contribution in [2.24, 2.45) is 0 Å². The molecule has 2 aromatic carbocycles. The van der Waals surface area contributed by atoms with E-state index in [4.69, 9.17) is 30.8 Å². The Balaban J connectivity index is 1.35. The third kappa shape index (κ3) is 4.80. The zero-order chi connectivity index (χ0) is 22.6. The molecule has 2 aromatic heterocycles. The number of benzene rings is 2. The minimum Gasteiger partial charge on any atom is -0.497 e. The van der Waals surface area contributed by atoms with Crippen molar-refractivity contribution in [2.75, 3.05) is 46.6 Å². The molecule has 0 radical (unpaired) electrons.